The van der Waals surface area contributed by atoms with Crippen LogP contribution in [0.1, 0.15) is 46.0 Å². The van der Waals surface area contributed by atoms with Crippen LogP contribution < -0.4 is 10.3 Å². The van der Waals surface area contributed by atoms with Gasteiger partial charge in [-0.2, -0.15) is 0 Å². The number of anilines is 1. The summed E-state index contributed by atoms with van der Waals surface area (Å²) in [5.74, 6) is -0.0148. The maximum atomic E-state index is 13.6. The van der Waals surface area contributed by atoms with Crippen molar-refractivity contribution in [2.24, 2.45) is 0 Å². The van der Waals surface area contributed by atoms with E-state index in [0.717, 1.165) is 12.0 Å². The number of nitro benzene ring substituents is 1. The highest BCUT2D eigenvalue weighted by atomic mass is 16.6. The van der Waals surface area contributed by atoms with E-state index in [2.05, 4.69) is 5.16 Å². The van der Waals surface area contributed by atoms with Crippen molar-refractivity contribution in [3.05, 3.63) is 97.1 Å². The van der Waals surface area contributed by atoms with Gasteiger partial charge in [-0.25, -0.2) is 0 Å². The number of hydrogen-bond donors (Lipinski definition) is 0. The first kappa shape index (κ1) is 19.7. The third-order valence-electron chi connectivity index (χ3n) is 5.60. The van der Waals surface area contributed by atoms with Crippen LogP contribution in [0.2, 0.25) is 0 Å². The Hall–Kier alpha value is -4.27. The SMILES string of the molecule is CCc1ccc2oc3c(c(=O)c2c1)C(c1cccc([N+](=O)[O-])c1)N(c1cc(C)on1)C3=O. The third kappa shape index (κ3) is 2.89. The molecule has 2 aromatic carbocycles. The Balaban J connectivity index is 1.82. The molecule has 32 heavy (non-hydrogen) atoms. The minimum Gasteiger partial charge on any atom is -0.450 e. The van der Waals surface area contributed by atoms with E-state index in [1.807, 2.05) is 13.0 Å². The zero-order chi connectivity index (χ0) is 22.6. The molecule has 2 aromatic heterocycles. The van der Waals surface area contributed by atoms with E-state index in [4.69, 9.17) is 8.94 Å². The lowest BCUT2D eigenvalue weighted by Crippen LogP contribution is -2.29. The Bertz CT molecular complexity index is 1470. The number of amides is 1. The molecule has 1 aliphatic heterocycles. The standard InChI is InChI=1S/C23H17N3O6/c1-3-13-7-8-17-16(10-13)21(27)19-20(14-5-4-6-15(11-14)26(29)30)25(23(28)22(19)31-17)18-9-12(2)32-24-18/h4-11,20H,3H2,1-2H3. The third-order valence-corrected chi connectivity index (χ3v) is 5.60. The van der Waals surface area contributed by atoms with Gasteiger partial charge in [0.15, 0.2) is 11.2 Å². The number of benzene rings is 2. The summed E-state index contributed by atoms with van der Waals surface area (Å²) in [5.41, 5.74) is 1.25. The largest absolute Gasteiger partial charge is 0.450 e. The lowest BCUT2D eigenvalue weighted by atomic mass is 9.97. The Morgan fingerprint density at radius 2 is 1.97 bits per heavy atom. The van der Waals surface area contributed by atoms with E-state index in [9.17, 15) is 19.7 Å². The molecule has 0 saturated carbocycles. The van der Waals surface area contributed by atoms with E-state index in [1.165, 1.54) is 23.1 Å². The molecule has 0 bridgehead atoms. The quantitative estimate of drug-likeness (QED) is 0.349. The Labute approximate surface area is 181 Å². The van der Waals surface area contributed by atoms with E-state index in [0.29, 0.717) is 22.3 Å². The highest BCUT2D eigenvalue weighted by molar-refractivity contribution is 6.10. The predicted molar refractivity (Wildman–Crippen MR) is 115 cm³/mol. The van der Waals surface area contributed by atoms with Crippen molar-refractivity contribution in [1.82, 2.24) is 5.16 Å². The molecule has 0 saturated heterocycles. The van der Waals surface area contributed by atoms with Crippen LogP contribution in [0.15, 0.2) is 62.3 Å². The summed E-state index contributed by atoms with van der Waals surface area (Å²) < 4.78 is 11.0. The van der Waals surface area contributed by atoms with Gasteiger partial charge in [0.1, 0.15) is 11.3 Å². The summed E-state index contributed by atoms with van der Waals surface area (Å²) in [7, 11) is 0. The minimum absolute atomic E-state index is 0.107. The number of nitrogens with zero attached hydrogens (tertiary/aromatic N) is 3. The molecule has 160 valence electrons. The molecule has 3 heterocycles. The van der Waals surface area contributed by atoms with Crippen LogP contribution in [-0.2, 0) is 6.42 Å². The number of rotatable bonds is 4. The van der Waals surface area contributed by atoms with Gasteiger partial charge in [-0.15, -0.1) is 0 Å². The smallest absolute Gasteiger partial charge is 0.296 e. The second kappa shape index (κ2) is 7.16. The fraction of sp³-hybridized carbons (Fsp3) is 0.174. The normalized spacial score (nSPS) is 15.4. The van der Waals surface area contributed by atoms with Crippen LogP contribution in [0.25, 0.3) is 11.0 Å². The molecule has 1 aliphatic rings. The van der Waals surface area contributed by atoms with Gasteiger partial charge in [0.05, 0.1) is 21.9 Å². The number of nitro groups is 1. The molecular formula is C23H17N3O6. The first-order valence-corrected chi connectivity index (χ1v) is 10.00. The molecule has 4 aromatic rings. The van der Waals surface area contributed by atoms with Crippen LogP contribution >= 0.6 is 0 Å². The average molecular weight is 431 g/mol. The maximum Gasteiger partial charge on any atom is 0.296 e. The second-order valence-electron chi connectivity index (χ2n) is 7.58. The first-order chi connectivity index (χ1) is 15.4. The van der Waals surface area contributed by atoms with Gasteiger partial charge in [-0.1, -0.05) is 30.3 Å². The van der Waals surface area contributed by atoms with Crippen molar-refractivity contribution in [2.75, 3.05) is 4.90 Å². The number of non-ortho nitro benzene ring substituents is 1. The van der Waals surface area contributed by atoms with Crippen LogP contribution in [0, 0.1) is 17.0 Å². The zero-order valence-corrected chi connectivity index (χ0v) is 17.2. The van der Waals surface area contributed by atoms with Crippen molar-refractivity contribution < 1.29 is 18.7 Å². The monoisotopic (exact) mass is 431 g/mol. The fourth-order valence-corrected chi connectivity index (χ4v) is 4.07. The van der Waals surface area contributed by atoms with Crippen molar-refractivity contribution in [3.8, 4) is 0 Å². The summed E-state index contributed by atoms with van der Waals surface area (Å²) in [5, 5.41) is 15.7. The fourth-order valence-electron chi connectivity index (χ4n) is 4.07. The van der Waals surface area contributed by atoms with E-state index in [1.54, 1.807) is 31.2 Å². The van der Waals surface area contributed by atoms with Crippen molar-refractivity contribution in [3.63, 3.8) is 0 Å². The topological polar surface area (TPSA) is 120 Å². The molecular weight excluding hydrogens is 414 g/mol. The van der Waals surface area contributed by atoms with Crippen LogP contribution in [0.3, 0.4) is 0 Å². The molecule has 5 rings (SSSR count). The highest BCUT2D eigenvalue weighted by Gasteiger charge is 2.45. The van der Waals surface area contributed by atoms with E-state index < -0.39 is 16.9 Å². The van der Waals surface area contributed by atoms with Gasteiger partial charge in [0.25, 0.3) is 11.6 Å². The molecule has 1 amide bonds. The van der Waals surface area contributed by atoms with Crippen LogP contribution in [0.4, 0.5) is 11.5 Å². The molecule has 9 heteroatoms. The van der Waals surface area contributed by atoms with Gasteiger partial charge in [-0.3, -0.25) is 24.6 Å². The number of aromatic nitrogens is 1. The zero-order valence-electron chi connectivity index (χ0n) is 17.2. The Morgan fingerprint density at radius 3 is 2.66 bits per heavy atom. The summed E-state index contributed by atoms with van der Waals surface area (Å²) in [6.07, 6.45) is 0.726. The maximum absolute atomic E-state index is 13.6. The van der Waals surface area contributed by atoms with Crippen molar-refractivity contribution in [1.29, 1.82) is 0 Å². The molecule has 0 N–H and O–H groups in total. The molecule has 0 radical (unpaired) electrons. The highest BCUT2D eigenvalue weighted by Crippen LogP contribution is 2.41. The number of carbonyl (C=O) groups excluding carboxylic acids is 1. The van der Waals surface area contributed by atoms with Gasteiger partial charge < -0.3 is 8.94 Å². The van der Waals surface area contributed by atoms with Gasteiger partial charge in [0, 0.05) is 18.2 Å². The molecule has 1 unspecified atom stereocenters. The second-order valence-corrected chi connectivity index (χ2v) is 7.58. The first-order valence-electron chi connectivity index (χ1n) is 10.00. The average Bonchev–Trinajstić information content (AvgIpc) is 3.34. The summed E-state index contributed by atoms with van der Waals surface area (Å²) >= 11 is 0. The number of hydrogen-bond acceptors (Lipinski definition) is 7. The van der Waals surface area contributed by atoms with Gasteiger partial charge >= 0.3 is 0 Å². The summed E-state index contributed by atoms with van der Waals surface area (Å²) in [4.78, 5) is 39.1. The van der Waals surface area contributed by atoms with E-state index >= 15 is 0 Å². The summed E-state index contributed by atoms with van der Waals surface area (Å²) in [6.45, 7) is 3.65. The Kier molecular flexibility index (Phi) is 4.40. The van der Waals surface area contributed by atoms with Crippen LogP contribution in [0.5, 0.6) is 0 Å². The molecule has 0 spiro atoms. The number of aryl methyl sites for hydroxylation is 2. The minimum atomic E-state index is -0.951. The number of fused-ring (bicyclic) bond motifs is 2. The van der Waals surface area contributed by atoms with Crippen LogP contribution in [-0.4, -0.2) is 16.0 Å². The van der Waals surface area contributed by atoms with Gasteiger partial charge in [-0.05, 0) is 36.6 Å². The predicted octanol–water partition coefficient (Wildman–Crippen LogP) is 4.31. The van der Waals surface area contributed by atoms with Crippen molar-refractivity contribution in [2.45, 2.75) is 26.3 Å². The van der Waals surface area contributed by atoms with E-state index in [-0.39, 0.29) is 28.3 Å². The Morgan fingerprint density at radius 1 is 1.16 bits per heavy atom. The molecule has 1 atom stereocenters. The lowest BCUT2D eigenvalue weighted by molar-refractivity contribution is -0.384. The molecule has 0 aliphatic carbocycles. The molecule has 0 fully saturated rings. The number of carbonyl (C=O) groups is 1. The lowest BCUT2D eigenvalue weighted by Gasteiger charge is -2.22. The molecule has 9 nitrogen and oxygen atoms in total. The van der Waals surface area contributed by atoms with Gasteiger partial charge in [0.2, 0.25) is 5.76 Å². The summed E-state index contributed by atoms with van der Waals surface area (Å²) in [6, 6.07) is 11.7. The van der Waals surface area contributed by atoms with Crippen molar-refractivity contribution >= 4 is 28.4 Å².